The summed E-state index contributed by atoms with van der Waals surface area (Å²) >= 11 is 6.41. The Kier molecular flexibility index (Phi) is 3.56. The second kappa shape index (κ2) is 5.38. The third-order valence-corrected chi connectivity index (χ3v) is 4.41. The highest BCUT2D eigenvalue weighted by atomic mass is 35.5. The third-order valence-electron chi connectivity index (χ3n) is 3.96. The molecule has 21 heavy (non-hydrogen) atoms. The molecule has 1 fully saturated rings. The minimum atomic E-state index is 0.133. The highest BCUT2D eigenvalue weighted by Crippen LogP contribution is 2.40. The van der Waals surface area contributed by atoms with Crippen molar-refractivity contribution in [3.63, 3.8) is 0 Å². The Morgan fingerprint density at radius 2 is 2.29 bits per heavy atom. The summed E-state index contributed by atoms with van der Waals surface area (Å²) in [6.45, 7) is 2.85. The van der Waals surface area contributed by atoms with E-state index in [1.165, 1.54) is 0 Å². The van der Waals surface area contributed by atoms with Crippen molar-refractivity contribution in [2.45, 2.75) is 25.8 Å². The number of halogens is 1. The zero-order valence-electron chi connectivity index (χ0n) is 12.0. The van der Waals surface area contributed by atoms with E-state index in [4.69, 9.17) is 11.6 Å². The van der Waals surface area contributed by atoms with Crippen molar-refractivity contribution < 1.29 is 0 Å². The fourth-order valence-electron chi connectivity index (χ4n) is 3.06. The van der Waals surface area contributed by atoms with Gasteiger partial charge in [0.15, 0.2) is 0 Å². The number of rotatable bonds is 2. The first kappa shape index (κ1) is 13.9. The lowest BCUT2D eigenvalue weighted by molar-refractivity contribution is 0.705. The Morgan fingerprint density at radius 1 is 1.48 bits per heavy atom. The number of hydrogen-bond donors (Lipinski definition) is 0. The van der Waals surface area contributed by atoms with Gasteiger partial charge >= 0.3 is 0 Å². The van der Waals surface area contributed by atoms with E-state index in [1.807, 2.05) is 14.0 Å². The van der Waals surface area contributed by atoms with E-state index >= 15 is 0 Å². The lowest BCUT2D eigenvalue weighted by Gasteiger charge is -2.26. The fourth-order valence-corrected chi connectivity index (χ4v) is 3.36. The Labute approximate surface area is 128 Å². The first-order chi connectivity index (χ1) is 10.1. The predicted octanol–water partition coefficient (Wildman–Crippen LogP) is 2.99. The van der Waals surface area contributed by atoms with Crippen LogP contribution in [-0.4, -0.2) is 21.3 Å². The van der Waals surface area contributed by atoms with Gasteiger partial charge in [0.2, 0.25) is 0 Å². The number of aromatic nitrogens is 3. The molecule has 0 saturated carbocycles. The van der Waals surface area contributed by atoms with Crippen molar-refractivity contribution in [1.82, 2.24) is 14.8 Å². The van der Waals surface area contributed by atoms with Gasteiger partial charge < -0.3 is 4.90 Å². The van der Waals surface area contributed by atoms with Crippen molar-refractivity contribution in [2.75, 3.05) is 11.4 Å². The molecule has 0 N–H and O–H groups in total. The number of nitriles is 1. The van der Waals surface area contributed by atoms with Crippen LogP contribution in [0.15, 0.2) is 18.3 Å². The summed E-state index contributed by atoms with van der Waals surface area (Å²) in [5.41, 5.74) is 2.59. The topological polar surface area (TPSA) is 57.7 Å². The summed E-state index contributed by atoms with van der Waals surface area (Å²) in [7, 11) is 1.85. The number of anilines is 1. The van der Waals surface area contributed by atoms with Crippen molar-refractivity contribution in [3.8, 4) is 6.07 Å². The summed E-state index contributed by atoms with van der Waals surface area (Å²) in [5.74, 6) is 0.738. The molecule has 0 unspecified atom stereocenters. The van der Waals surface area contributed by atoms with E-state index in [-0.39, 0.29) is 6.04 Å². The summed E-state index contributed by atoms with van der Waals surface area (Å²) < 4.78 is 1.70. The molecular formula is C15H16ClN5. The average Bonchev–Trinajstić information content (AvgIpc) is 3.04. The van der Waals surface area contributed by atoms with Gasteiger partial charge in [-0.3, -0.25) is 4.68 Å². The monoisotopic (exact) mass is 301 g/mol. The van der Waals surface area contributed by atoms with Gasteiger partial charge in [-0.05, 0) is 31.9 Å². The summed E-state index contributed by atoms with van der Waals surface area (Å²) in [4.78, 5) is 6.58. The van der Waals surface area contributed by atoms with E-state index < -0.39 is 0 Å². The second-order valence-corrected chi connectivity index (χ2v) is 5.61. The van der Waals surface area contributed by atoms with Crippen LogP contribution < -0.4 is 4.90 Å². The summed E-state index contributed by atoms with van der Waals surface area (Å²) in [6.07, 6.45) is 3.77. The normalized spacial score (nSPS) is 18.0. The zero-order chi connectivity index (χ0) is 15.0. The third kappa shape index (κ3) is 2.26. The molecule has 0 radical (unpaired) electrons. The predicted molar refractivity (Wildman–Crippen MR) is 81.2 cm³/mol. The average molecular weight is 302 g/mol. The highest BCUT2D eigenvalue weighted by molar-refractivity contribution is 6.30. The van der Waals surface area contributed by atoms with Crippen LogP contribution in [0, 0.1) is 18.3 Å². The molecule has 108 valence electrons. The molecule has 1 saturated heterocycles. The van der Waals surface area contributed by atoms with Crippen LogP contribution in [-0.2, 0) is 7.05 Å². The minimum Gasteiger partial charge on any atom is -0.348 e. The van der Waals surface area contributed by atoms with E-state index in [0.717, 1.165) is 36.5 Å². The Morgan fingerprint density at radius 3 is 2.95 bits per heavy atom. The molecule has 5 nitrogen and oxygen atoms in total. The molecular weight excluding hydrogens is 286 g/mol. The maximum atomic E-state index is 9.29. The molecule has 0 spiro atoms. The largest absolute Gasteiger partial charge is 0.348 e. The van der Waals surface area contributed by atoms with Gasteiger partial charge in [0.05, 0.1) is 17.3 Å². The molecule has 2 aromatic rings. The van der Waals surface area contributed by atoms with Gasteiger partial charge in [0, 0.05) is 25.4 Å². The van der Waals surface area contributed by atoms with Gasteiger partial charge in [-0.15, -0.1) is 0 Å². The lowest BCUT2D eigenvalue weighted by atomic mass is 10.1. The van der Waals surface area contributed by atoms with E-state index in [9.17, 15) is 5.26 Å². The van der Waals surface area contributed by atoms with Crippen LogP contribution in [0.2, 0.25) is 5.15 Å². The highest BCUT2D eigenvalue weighted by Gasteiger charge is 2.32. The Bertz CT molecular complexity index is 715. The first-order valence-electron chi connectivity index (χ1n) is 6.94. The first-order valence-corrected chi connectivity index (χ1v) is 7.32. The smallest absolute Gasteiger partial charge is 0.146 e. The second-order valence-electron chi connectivity index (χ2n) is 5.25. The number of aryl methyl sites for hydroxylation is 2. The van der Waals surface area contributed by atoms with Gasteiger partial charge in [0.25, 0.3) is 0 Å². The quantitative estimate of drug-likeness (QED) is 0.855. The molecule has 1 atom stereocenters. The zero-order valence-corrected chi connectivity index (χ0v) is 12.8. The van der Waals surface area contributed by atoms with Gasteiger partial charge in [-0.2, -0.15) is 10.4 Å². The van der Waals surface area contributed by atoms with Crippen LogP contribution in [0.5, 0.6) is 0 Å². The maximum Gasteiger partial charge on any atom is 0.146 e. The molecule has 1 aliphatic heterocycles. The summed E-state index contributed by atoms with van der Waals surface area (Å²) in [5, 5.41) is 14.4. The van der Waals surface area contributed by atoms with Crippen molar-refractivity contribution in [3.05, 3.63) is 40.3 Å². The van der Waals surface area contributed by atoms with E-state index in [2.05, 4.69) is 21.1 Å². The molecule has 1 aliphatic rings. The minimum absolute atomic E-state index is 0.133. The van der Waals surface area contributed by atoms with Gasteiger partial charge in [-0.25, -0.2) is 4.98 Å². The number of pyridine rings is 1. The van der Waals surface area contributed by atoms with Crippen LogP contribution in [0.3, 0.4) is 0 Å². The standard InChI is InChI=1S/C15H16ClN5/c1-10-13(14(16)20(2)19-10)12-6-4-8-21(12)15-11(9-17)5-3-7-18-15/h3,5,7,12H,4,6,8H2,1-2H3/t12-/m1/s1. The SMILES string of the molecule is Cc1nn(C)c(Cl)c1[C@H]1CCCN1c1ncccc1C#N. The molecule has 3 heterocycles. The van der Waals surface area contributed by atoms with Crippen molar-refractivity contribution >= 4 is 17.4 Å². The lowest BCUT2D eigenvalue weighted by Crippen LogP contribution is -2.25. The molecule has 6 heteroatoms. The molecule has 0 amide bonds. The van der Waals surface area contributed by atoms with E-state index in [1.54, 1.807) is 23.0 Å². The van der Waals surface area contributed by atoms with Crippen molar-refractivity contribution in [1.29, 1.82) is 5.26 Å². The summed E-state index contributed by atoms with van der Waals surface area (Å²) in [6, 6.07) is 5.94. The van der Waals surface area contributed by atoms with Crippen LogP contribution >= 0.6 is 11.6 Å². The van der Waals surface area contributed by atoms with Gasteiger partial charge in [0.1, 0.15) is 17.0 Å². The molecule has 0 bridgehead atoms. The fraction of sp³-hybridized carbons (Fsp3) is 0.400. The Hall–Kier alpha value is -2.06. The molecule has 0 aromatic carbocycles. The van der Waals surface area contributed by atoms with Crippen molar-refractivity contribution in [2.24, 2.45) is 7.05 Å². The molecule has 0 aliphatic carbocycles. The van der Waals surface area contributed by atoms with E-state index in [0.29, 0.717) is 10.7 Å². The van der Waals surface area contributed by atoms with Crippen LogP contribution in [0.25, 0.3) is 0 Å². The maximum absolute atomic E-state index is 9.29. The Balaban J connectivity index is 2.06. The van der Waals surface area contributed by atoms with Gasteiger partial charge in [-0.1, -0.05) is 11.6 Å². The van der Waals surface area contributed by atoms with Crippen LogP contribution in [0.1, 0.15) is 35.7 Å². The van der Waals surface area contributed by atoms with Crippen LogP contribution in [0.4, 0.5) is 5.82 Å². The number of nitrogens with zero attached hydrogens (tertiary/aromatic N) is 5. The number of hydrogen-bond acceptors (Lipinski definition) is 4. The molecule has 2 aromatic heterocycles. The molecule has 3 rings (SSSR count).